The second kappa shape index (κ2) is 5.29. The number of hydrogen-bond donors (Lipinski definition) is 1. The number of hydrogen-bond acceptors (Lipinski definition) is 2. The molecular weight excluding hydrogens is 190 g/mol. The lowest BCUT2D eigenvalue weighted by Crippen LogP contribution is -2.25. The molecule has 3 heteroatoms. The normalized spacial score (nSPS) is 9.73. The van der Waals surface area contributed by atoms with Crippen molar-refractivity contribution in [3.8, 4) is 0 Å². The van der Waals surface area contributed by atoms with Crippen molar-refractivity contribution >= 4 is 11.7 Å². The predicted octanol–water partition coefficient (Wildman–Crippen LogP) is 1.70. The van der Waals surface area contributed by atoms with Gasteiger partial charge in [0.15, 0.2) is 0 Å². The van der Waals surface area contributed by atoms with E-state index in [9.17, 15) is 9.59 Å². The topological polar surface area (TPSA) is 46.2 Å². The van der Waals surface area contributed by atoms with Crippen molar-refractivity contribution in [2.24, 2.45) is 0 Å². The summed E-state index contributed by atoms with van der Waals surface area (Å²) >= 11 is 0. The minimum absolute atomic E-state index is 0.0826. The van der Waals surface area contributed by atoms with Crippen LogP contribution in [0.25, 0.3) is 0 Å². The molecule has 0 fully saturated rings. The Balaban J connectivity index is 2.47. The van der Waals surface area contributed by atoms with Crippen LogP contribution in [0.1, 0.15) is 29.3 Å². The van der Waals surface area contributed by atoms with Crippen LogP contribution in [0.5, 0.6) is 0 Å². The molecule has 0 radical (unpaired) electrons. The summed E-state index contributed by atoms with van der Waals surface area (Å²) in [6, 6.07) is 7.33. The number of nitrogens with one attached hydrogen (secondary N) is 1. The molecule has 0 aliphatic heterocycles. The van der Waals surface area contributed by atoms with E-state index >= 15 is 0 Å². The number of carbonyl (C=O) groups is 2. The number of carbonyl (C=O) groups excluding carboxylic acids is 2. The van der Waals surface area contributed by atoms with Crippen LogP contribution in [-0.4, -0.2) is 18.2 Å². The molecule has 1 aromatic rings. The van der Waals surface area contributed by atoms with Gasteiger partial charge in [-0.15, -0.1) is 0 Å². The van der Waals surface area contributed by atoms with Crippen molar-refractivity contribution < 1.29 is 9.59 Å². The summed E-state index contributed by atoms with van der Waals surface area (Å²) in [5, 5.41) is 2.69. The number of benzene rings is 1. The Morgan fingerprint density at radius 1 is 1.20 bits per heavy atom. The van der Waals surface area contributed by atoms with Gasteiger partial charge in [0.2, 0.25) is 0 Å². The van der Waals surface area contributed by atoms with Crippen LogP contribution in [-0.2, 0) is 4.79 Å². The van der Waals surface area contributed by atoms with E-state index in [1.54, 1.807) is 12.1 Å². The van der Waals surface area contributed by atoms with Crippen molar-refractivity contribution in [2.75, 3.05) is 6.54 Å². The Kier molecular flexibility index (Phi) is 4.03. The van der Waals surface area contributed by atoms with Crippen molar-refractivity contribution in [1.82, 2.24) is 5.32 Å². The molecule has 0 saturated carbocycles. The molecule has 0 saturated heterocycles. The molecule has 15 heavy (non-hydrogen) atoms. The first-order chi connectivity index (χ1) is 7.09. The second-order valence-corrected chi connectivity index (χ2v) is 3.57. The molecule has 1 N–H and O–H groups in total. The monoisotopic (exact) mass is 205 g/mol. The Morgan fingerprint density at radius 2 is 1.80 bits per heavy atom. The summed E-state index contributed by atoms with van der Waals surface area (Å²) < 4.78 is 0. The van der Waals surface area contributed by atoms with Gasteiger partial charge in [0, 0.05) is 18.5 Å². The lowest BCUT2D eigenvalue weighted by atomic mass is 10.1. The van der Waals surface area contributed by atoms with Crippen LogP contribution >= 0.6 is 0 Å². The molecule has 80 valence electrons. The van der Waals surface area contributed by atoms with Crippen molar-refractivity contribution in [1.29, 1.82) is 0 Å². The minimum Gasteiger partial charge on any atom is -0.352 e. The van der Waals surface area contributed by atoms with E-state index in [2.05, 4.69) is 5.32 Å². The van der Waals surface area contributed by atoms with Gasteiger partial charge in [-0.3, -0.25) is 9.59 Å². The smallest absolute Gasteiger partial charge is 0.251 e. The molecule has 0 unspecified atom stereocenters. The molecule has 0 atom stereocenters. The first-order valence-electron chi connectivity index (χ1n) is 4.94. The summed E-state index contributed by atoms with van der Waals surface area (Å²) in [5.74, 6) is -0.0459. The Bertz CT molecular complexity index is 354. The molecule has 0 aromatic heterocycles. The molecule has 0 aliphatic rings. The third-order valence-electron chi connectivity index (χ3n) is 2.08. The van der Waals surface area contributed by atoms with Gasteiger partial charge < -0.3 is 5.32 Å². The maximum atomic E-state index is 11.5. The van der Waals surface area contributed by atoms with Crippen molar-refractivity contribution in [2.45, 2.75) is 20.3 Å². The van der Waals surface area contributed by atoms with Crippen LogP contribution in [0.3, 0.4) is 0 Å². The highest BCUT2D eigenvalue weighted by Gasteiger charge is 2.03. The van der Waals surface area contributed by atoms with E-state index in [1.165, 1.54) is 6.92 Å². The quantitative estimate of drug-likeness (QED) is 0.813. The fourth-order valence-electron chi connectivity index (χ4n) is 1.16. The third kappa shape index (κ3) is 3.94. The Morgan fingerprint density at radius 3 is 2.33 bits per heavy atom. The van der Waals surface area contributed by atoms with Crippen LogP contribution in [0.15, 0.2) is 24.3 Å². The van der Waals surface area contributed by atoms with Crippen molar-refractivity contribution in [3.63, 3.8) is 0 Å². The Hall–Kier alpha value is -1.64. The van der Waals surface area contributed by atoms with Gasteiger partial charge in [-0.2, -0.15) is 0 Å². The maximum Gasteiger partial charge on any atom is 0.251 e. The van der Waals surface area contributed by atoms with Crippen molar-refractivity contribution in [3.05, 3.63) is 35.4 Å². The van der Waals surface area contributed by atoms with Gasteiger partial charge in [-0.1, -0.05) is 17.7 Å². The van der Waals surface area contributed by atoms with Gasteiger partial charge in [-0.25, -0.2) is 0 Å². The number of amides is 1. The standard InChI is InChI=1S/C12H15NO2/c1-9-3-5-11(6-4-9)12(15)13-8-7-10(2)14/h3-6H,7-8H2,1-2H3,(H,13,15). The summed E-state index contributed by atoms with van der Waals surface area (Å²) in [4.78, 5) is 22.2. The average molecular weight is 205 g/mol. The van der Waals surface area contributed by atoms with Gasteiger partial charge in [0.05, 0.1) is 0 Å². The van der Waals surface area contributed by atoms with E-state index in [-0.39, 0.29) is 11.7 Å². The van der Waals surface area contributed by atoms with Gasteiger partial charge >= 0.3 is 0 Å². The highest BCUT2D eigenvalue weighted by Crippen LogP contribution is 2.02. The molecule has 0 aliphatic carbocycles. The van der Waals surface area contributed by atoms with Gasteiger partial charge in [0.25, 0.3) is 5.91 Å². The SMILES string of the molecule is CC(=O)CCNC(=O)c1ccc(C)cc1. The summed E-state index contributed by atoms with van der Waals surface area (Å²) in [6.07, 6.45) is 0.387. The summed E-state index contributed by atoms with van der Waals surface area (Å²) in [6.45, 7) is 3.89. The maximum absolute atomic E-state index is 11.5. The molecule has 1 aromatic carbocycles. The lowest BCUT2D eigenvalue weighted by Gasteiger charge is -2.03. The van der Waals surface area contributed by atoms with Crippen LogP contribution in [0, 0.1) is 6.92 Å². The first-order valence-corrected chi connectivity index (χ1v) is 4.94. The fourth-order valence-corrected chi connectivity index (χ4v) is 1.16. The first kappa shape index (κ1) is 11.4. The number of Topliss-reactive ketones (excluding diaryl/α,β-unsaturated/α-hetero) is 1. The van der Waals surface area contributed by atoms with E-state index in [1.807, 2.05) is 19.1 Å². The second-order valence-electron chi connectivity index (χ2n) is 3.57. The highest BCUT2D eigenvalue weighted by atomic mass is 16.1. The molecule has 1 amide bonds. The zero-order chi connectivity index (χ0) is 11.3. The van der Waals surface area contributed by atoms with E-state index in [0.717, 1.165) is 5.56 Å². The molecule has 1 rings (SSSR count). The van der Waals surface area contributed by atoms with Gasteiger partial charge in [-0.05, 0) is 26.0 Å². The zero-order valence-corrected chi connectivity index (χ0v) is 9.04. The van der Waals surface area contributed by atoms with Crippen LogP contribution < -0.4 is 5.32 Å². The molecule has 3 nitrogen and oxygen atoms in total. The number of aryl methyl sites for hydroxylation is 1. The molecular formula is C12H15NO2. The predicted molar refractivity (Wildman–Crippen MR) is 58.8 cm³/mol. The zero-order valence-electron chi connectivity index (χ0n) is 9.04. The van der Waals surface area contributed by atoms with E-state index in [0.29, 0.717) is 18.5 Å². The fraction of sp³-hybridized carbons (Fsp3) is 0.333. The molecule has 0 spiro atoms. The number of ketones is 1. The van der Waals surface area contributed by atoms with Crippen LogP contribution in [0.4, 0.5) is 0 Å². The highest BCUT2D eigenvalue weighted by molar-refractivity contribution is 5.94. The molecule has 0 heterocycles. The summed E-state index contributed by atoms with van der Waals surface area (Å²) in [7, 11) is 0. The average Bonchev–Trinajstić information content (AvgIpc) is 2.18. The van der Waals surface area contributed by atoms with E-state index < -0.39 is 0 Å². The van der Waals surface area contributed by atoms with E-state index in [4.69, 9.17) is 0 Å². The Labute approximate surface area is 89.5 Å². The molecule has 0 bridgehead atoms. The lowest BCUT2D eigenvalue weighted by molar-refractivity contribution is -0.116. The summed E-state index contributed by atoms with van der Waals surface area (Å²) in [5.41, 5.74) is 1.75. The largest absolute Gasteiger partial charge is 0.352 e. The van der Waals surface area contributed by atoms with Gasteiger partial charge in [0.1, 0.15) is 5.78 Å². The third-order valence-corrected chi connectivity index (χ3v) is 2.08. The minimum atomic E-state index is -0.128. The number of rotatable bonds is 4. The van der Waals surface area contributed by atoms with Crippen LogP contribution in [0.2, 0.25) is 0 Å².